The molecule has 0 aromatic heterocycles. The predicted octanol–water partition coefficient (Wildman–Crippen LogP) is 4.67. The summed E-state index contributed by atoms with van der Waals surface area (Å²) in [7, 11) is 9.44. The summed E-state index contributed by atoms with van der Waals surface area (Å²) in [5, 5.41) is 0. The van der Waals surface area contributed by atoms with Crippen LogP contribution in [0.1, 0.15) is 19.3 Å². The van der Waals surface area contributed by atoms with Gasteiger partial charge in [-0.15, -0.1) is 0 Å². The number of thioether (sulfide) groups is 3. The van der Waals surface area contributed by atoms with Crippen LogP contribution in [-0.4, -0.2) is 47.0 Å². The Morgan fingerprint density at radius 2 is 1.22 bits per heavy atom. The fourth-order valence-corrected chi connectivity index (χ4v) is 55.3. The normalized spacial score (nSPS) is 35.7. The van der Waals surface area contributed by atoms with Gasteiger partial charge in [-0.05, 0) is 0 Å². The van der Waals surface area contributed by atoms with Crippen LogP contribution in [0.5, 0.6) is 0 Å². The predicted molar refractivity (Wildman–Crippen MR) is 109 cm³/mol. The standard InChI is InChI=1S/C3H6S3.2C3H6S2.H2S.Sb.H/c4-6-3-1-2-5-3;2*4-3-1-2-5-3;;;/h3-4H,1-2H2;2*3-4H,1-2H2;1H2;;/q;;;;+4;/p-4. The molecule has 0 amide bonds. The zero-order chi connectivity index (χ0) is 11.5. The first-order valence-corrected chi connectivity index (χ1v) is 23.4. The van der Waals surface area contributed by atoms with Crippen LogP contribution in [0, 0.1) is 0 Å². The van der Waals surface area contributed by atoms with E-state index in [9.17, 15) is 0 Å². The van der Waals surface area contributed by atoms with Crippen molar-refractivity contribution < 1.29 is 0 Å². The quantitative estimate of drug-likeness (QED) is 0.210. The second-order valence-electron chi connectivity index (χ2n) is 3.93. The van der Waals surface area contributed by atoms with Gasteiger partial charge in [0.15, 0.2) is 0 Å². The van der Waals surface area contributed by atoms with Crippen molar-refractivity contribution in [3.8, 4) is 0 Å². The largest absolute Gasteiger partial charge is 0.813 e. The maximum Gasteiger partial charge on any atom is -0.813 e. The summed E-state index contributed by atoms with van der Waals surface area (Å²) in [6, 6.07) is 0. The summed E-state index contributed by atoms with van der Waals surface area (Å²) in [5.41, 5.74) is 0. The van der Waals surface area contributed by atoms with E-state index in [-0.39, 0.29) is 13.5 Å². The minimum absolute atomic E-state index is 0. The molecule has 0 radical (unpaired) electrons. The first-order valence-electron chi connectivity index (χ1n) is 5.78. The van der Waals surface area contributed by atoms with Crippen LogP contribution in [0.3, 0.4) is 0 Å². The Balaban J connectivity index is 0.00000120. The van der Waals surface area contributed by atoms with Crippen molar-refractivity contribution in [2.24, 2.45) is 0 Å². The Morgan fingerprint density at radius 3 is 1.56 bits per heavy atom. The molecule has 0 aromatic rings. The third kappa shape index (κ3) is 5.67. The zero-order valence-corrected chi connectivity index (χ0v) is 19.2. The third-order valence-electron chi connectivity index (χ3n) is 2.65. The maximum absolute atomic E-state index is 2.43. The molecule has 0 N–H and O–H groups in total. The molecular formula is C9H17S8Sb. The molecule has 3 saturated heterocycles. The van der Waals surface area contributed by atoms with Gasteiger partial charge in [-0.1, -0.05) is 0 Å². The van der Waals surface area contributed by atoms with Crippen LogP contribution in [0.2, 0.25) is 0 Å². The topological polar surface area (TPSA) is 0 Å². The number of thiol groups is 1. The van der Waals surface area contributed by atoms with Crippen LogP contribution < -0.4 is 0 Å². The Kier molecular flexibility index (Phi) is 9.67. The van der Waals surface area contributed by atoms with E-state index in [0.29, 0.717) is 0 Å². The second-order valence-corrected chi connectivity index (χ2v) is 35.5. The average molecular weight is 504 g/mol. The van der Waals surface area contributed by atoms with E-state index >= 15 is 0 Å². The molecule has 106 valence electrons. The van der Waals surface area contributed by atoms with Gasteiger partial charge in [0.1, 0.15) is 0 Å². The van der Waals surface area contributed by atoms with Crippen molar-refractivity contribution in [1.29, 1.82) is 0 Å². The van der Waals surface area contributed by atoms with Gasteiger partial charge in [-0.25, -0.2) is 0 Å². The van der Waals surface area contributed by atoms with Crippen LogP contribution in [0.25, 0.3) is 0 Å². The smallest absolute Gasteiger partial charge is 0.813 e. The molecule has 3 atom stereocenters. The SMILES string of the molecule is C1CC(S[S][SbH+]([S]C2CCS2)[S]C2CCS2)S1.[SH-]. The van der Waals surface area contributed by atoms with E-state index in [1.165, 1.54) is 36.5 Å². The van der Waals surface area contributed by atoms with Crippen LogP contribution in [0.4, 0.5) is 0 Å². The Hall–Kier alpha value is 3.62. The molecule has 3 fully saturated rings. The van der Waals surface area contributed by atoms with Crippen molar-refractivity contribution in [2.45, 2.75) is 33.0 Å². The van der Waals surface area contributed by atoms with Crippen molar-refractivity contribution in [3.05, 3.63) is 0 Å². The summed E-state index contributed by atoms with van der Waals surface area (Å²) >= 11 is 5.32. The van der Waals surface area contributed by atoms with Crippen LogP contribution in [0.15, 0.2) is 0 Å². The molecule has 0 spiro atoms. The van der Waals surface area contributed by atoms with Crippen LogP contribution >= 0.6 is 71.7 Å². The van der Waals surface area contributed by atoms with Crippen molar-refractivity contribution in [2.75, 3.05) is 17.3 Å². The summed E-state index contributed by atoms with van der Waals surface area (Å²) < 4.78 is 2.92. The molecule has 3 aliphatic rings. The fraction of sp³-hybridized carbons (Fsp3) is 1.00. The molecule has 18 heavy (non-hydrogen) atoms. The minimum atomic E-state index is -1.26. The Morgan fingerprint density at radius 1 is 0.778 bits per heavy atom. The average Bonchev–Trinajstić information content (AvgIpc) is 2.13. The molecule has 0 nitrogen and oxygen atoms in total. The van der Waals surface area contributed by atoms with Gasteiger partial charge in [-0.3, -0.25) is 0 Å². The van der Waals surface area contributed by atoms with Gasteiger partial charge < -0.3 is 13.5 Å². The molecule has 0 saturated carbocycles. The first-order chi connectivity index (χ1) is 8.40. The van der Waals surface area contributed by atoms with E-state index in [4.69, 9.17) is 0 Å². The summed E-state index contributed by atoms with van der Waals surface area (Å²) in [6.07, 6.45) is 4.44. The van der Waals surface area contributed by atoms with Gasteiger partial charge in [0.05, 0.1) is 0 Å². The zero-order valence-electron chi connectivity index (χ0n) is 9.78. The van der Waals surface area contributed by atoms with Crippen molar-refractivity contribution in [1.82, 2.24) is 0 Å². The Labute approximate surface area is 149 Å². The van der Waals surface area contributed by atoms with E-state index in [0.717, 1.165) is 13.7 Å². The molecule has 3 rings (SSSR count). The van der Waals surface area contributed by atoms with E-state index < -0.39 is 16.0 Å². The Bertz CT molecular complexity index is 227. The van der Waals surface area contributed by atoms with Crippen molar-refractivity contribution in [3.63, 3.8) is 0 Å². The van der Waals surface area contributed by atoms with E-state index in [1.54, 1.807) is 0 Å². The van der Waals surface area contributed by atoms with Gasteiger partial charge >= 0.3 is 138 Å². The molecule has 3 unspecified atom stereocenters. The molecule has 0 aliphatic carbocycles. The molecule has 0 bridgehead atoms. The van der Waals surface area contributed by atoms with Crippen LogP contribution in [-0.2, 0) is 13.5 Å². The summed E-state index contributed by atoms with van der Waals surface area (Å²) in [6.45, 7) is 0. The van der Waals surface area contributed by atoms with E-state index in [2.05, 4.69) is 71.7 Å². The molecule has 9 heteroatoms. The van der Waals surface area contributed by atoms with Crippen molar-refractivity contribution >= 4 is 101 Å². The van der Waals surface area contributed by atoms with Gasteiger partial charge in [0.2, 0.25) is 0 Å². The van der Waals surface area contributed by atoms with Gasteiger partial charge in [0.25, 0.3) is 0 Å². The fourth-order valence-electron chi connectivity index (χ4n) is 1.28. The summed E-state index contributed by atoms with van der Waals surface area (Å²) in [5.74, 6) is 4.26. The molecule has 3 aliphatic heterocycles. The minimum Gasteiger partial charge on any atom is -0.813 e. The first kappa shape index (κ1) is 18.0. The third-order valence-corrected chi connectivity index (χ3v) is 44.8. The monoisotopic (exact) mass is 502 g/mol. The van der Waals surface area contributed by atoms with Gasteiger partial charge in [0, 0.05) is 0 Å². The molecule has 0 aromatic carbocycles. The maximum atomic E-state index is 2.43. The van der Waals surface area contributed by atoms with Gasteiger partial charge in [-0.2, -0.15) is 0 Å². The molecule has 3 heterocycles. The number of hydrogen-bond acceptors (Lipinski definition) is 8. The number of rotatable bonds is 7. The second kappa shape index (κ2) is 9.69. The molecular weight excluding hydrogens is 486 g/mol. The number of hydrogen-bond donors (Lipinski definition) is 0. The summed E-state index contributed by atoms with van der Waals surface area (Å²) in [4.78, 5) is 0. The van der Waals surface area contributed by atoms with E-state index in [1.807, 2.05) is 0 Å².